The zero-order valence-corrected chi connectivity index (χ0v) is 11.0. The van der Waals surface area contributed by atoms with Crippen LogP contribution in [0.15, 0.2) is 24.3 Å². The van der Waals surface area contributed by atoms with Crippen LogP contribution < -0.4 is 10.1 Å². The van der Waals surface area contributed by atoms with E-state index in [4.69, 9.17) is 4.74 Å². The minimum atomic E-state index is 0.0580. The first-order valence-electron chi connectivity index (χ1n) is 6.34. The molecule has 1 aromatic carbocycles. The third-order valence-corrected chi connectivity index (χ3v) is 3.46. The molecular weight excluding hydrogens is 228 g/mol. The Morgan fingerprint density at radius 1 is 1.50 bits per heavy atom. The monoisotopic (exact) mass is 248 g/mol. The number of ether oxygens (including phenoxy) is 1. The van der Waals surface area contributed by atoms with Crippen LogP contribution in [0.2, 0.25) is 0 Å². The van der Waals surface area contributed by atoms with Gasteiger partial charge in [0.15, 0.2) is 0 Å². The summed E-state index contributed by atoms with van der Waals surface area (Å²) in [6.07, 6.45) is 2.19. The predicted molar refractivity (Wildman–Crippen MR) is 71.0 cm³/mol. The second-order valence-electron chi connectivity index (χ2n) is 4.65. The smallest absolute Gasteiger partial charge is 0.254 e. The number of carbonyl (C=O) groups is 1. The summed E-state index contributed by atoms with van der Waals surface area (Å²) >= 11 is 0. The molecule has 1 fully saturated rings. The van der Waals surface area contributed by atoms with Crippen LogP contribution in [0.1, 0.15) is 23.2 Å². The van der Waals surface area contributed by atoms with Crippen LogP contribution in [0.4, 0.5) is 0 Å². The van der Waals surface area contributed by atoms with E-state index in [-0.39, 0.29) is 11.9 Å². The molecule has 18 heavy (non-hydrogen) atoms. The molecule has 4 nitrogen and oxygen atoms in total. The van der Waals surface area contributed by atoms with Crippen LogP contribution in [0.5, 0.6) is 5.75 Å². The average molecular weight is 248 g/mol. The maximum atomic E-state index is 12.4. The first-order valence-corrected chi connectivity index (χ1v) is 6.34. The summed E-state index contributed by atoms with van der Waals surface area (Å²) in [4.78, 5) is 14.2. The fourth-order valence-electron chi connectivity index (χ4n) is 2.29. The molecule has 4 heteroatoms. The van der Waals surface area contributed by atoms with Gasteiger partial charge in [0.05, 0.1) is 7.11 Å². The molecule has 0 aliphatic carbocycles. The second-order valence-corrected chi connectivity index (χ2v) is 4.65. The molecule has 1 N–H and O–H groups in total. The summed E-state index contributed by atoms with van der Waals surface area (Å²) < 4.78 is 5.15. The number of likely N-dealkylation sites (N-methyl/N-ethyl adjacent to an activating group) is 1. The van der Waals surface area contributed by atoms with Crippen molar-refractivity contribution in [3.8, 4) is 5.75 Å². The van der Waals surface area contributed by atoms with E-state index in [9.17, 15) is 4.79 Å². The first-order chi connectivity index (χ1) is 8.72. The number of hydrogen-bond acceptors (Lipinski definition) is 3. The Bertz CT molecular complexity index is 414. The Morgan fingerprint density at radius 3 is 3.00 bits per heavy atom. The largest absolute Gasteiger partial charge is 0.497 e. The number of amides is 1. The van der Waals surface area contributed by atoms with Crippen molar-refractivity contribution in [3.63, 3.8) is 0 Å². The quantitative estimate of drug-likeness (QED) is 0.881. The summed E-state index contributed by atoms with van der Waals surface area (Å²) in [5, 5.41) is 3.33. The van der Waals surface area contributed by atoms with Crippen molar-refractivity contribution < 1.29 is 9.53 Å². The zero-order valence-electron chi connectivity index (χ0n) is 11.0. The van der Waals surface area contributed by atoms with Crippen LogP contribution >= 0.6 is 0 Å². The molecule has 0 aromatic heterocycles. The van der Waals surface area contributed by atoms with Gasteiger partial charge in [-0.15, -0.1) is 0 Å². The number of benzene rings is 1. The number of carbonyl (C=O) groups excluding carboxylic acids is 1. The van der Waals surface area contributed by atoms with Gasteiger partial charge in [0, 0.05) is 25.2 Å². The number of methoxy groups -OCH3 is 1. The lowest BCUT2D eigenvalue weighted by Gasteiger charge is -2.31. The number of piperidine rings is 1. The Labute approximate surface area is 108 Å². The Balaban J connectivity index is 2.09. The van der Waals surface area contributed by atoms with E-state index in [0.29, 0.717) is 5.56 Å². The van der Waals surface area contributed by atoms with Crippen molar-refractivity contribution >= 4 is 5.91 Å². The van der Waals surface area contributed by atoms with Gasteiger partial charge in [-0.1, -0.05) is 6.07 Å². The molecule has 0 unspecified atom stereocenters. The lowest BCUT2D eigenvalue weighted by Crippen LogP contribution is -2.46. The molecule has 1 aliphatic rings. The van der Waals surface area contributed by atoms with E-state index in [2.05, 4.69) is 5.32 Å². The van der Waals surface area contributed by atoms with Crippen molar-refractivity contribution in [1.29, 1.82) is 0 Å². The van der Waals surface area contributed by atoms with E-state index >= 15 is 0 Å². The molecule has 1 saturated heterocycles. The lowest BCUT2D eigenvalue weighted by atomic mass is 10.1. The molecular formula is C14H20N2O2. The highest BCUT2D eigenvalue weighted by molar-refractivity contribution is 5.94. The van der Waals surface area contributed by atoms with Gasteiger partial charge in [-0.25, -0.2) is 0 Å². The Kier molecular flexibility index (Phi) is 4.20. The van der Waals surface area contributed by atoms with Gasteiger partial charge >= 0.3 is 0 Å². The normalized spacial score (nSPS) is 19.3. The lowest BCUT2D eigenvalue weighted by molar-refractivity contribution is 0.0708. The summed E-state index contributed by atoms with van der Waals surface area (Å²) in [5.74, 6) is 0.776. The van der Waals surface area contributed by atoms with Gasteiger partial charge in [-0.05, 0) is 37.6 Å². The standard InChI is InChI=1S/C14H20N2O2/c1-16(12-6-4-8-15-10-12)14(17)11-5-3-7-13(9-11)18-2/h3,5,7,9,12,15H,4,6,8,10H2,1-2H3/t12-/m1/s1. The fourth-order valence-corrected chi connectivity index (χ4v) is 2.29. The Hall–Kier alpha value is -1.55. The molecule has 1 aliphatic heterocycles. The van der Waals surface area contributed by atoms with E-state index in [0.717, 1.165) is 31.7 Å². The van der Waals surface area contributed by atoms with Crippen molar-refractivity contribution in [2.24, 2.45) is 0 Å². The van der Waals surface area contributed by atoms with E-state index < -0.39 is 0 Å². The Morgan fingerprint density at radius 2 is 2.33 bits per heavy atom. The van der Waals surface area contributed by atoms with Gasteiger partial charge < -0.3 is 15.0 Å². The van der Waals surface area contributed by atoms with Gasteiger partial charge in [0.1, 0.15) is 5.75 Å². The van der Waals surface area contributed by atoms with Crippen LogP contribution in [0, 0.1) is 0 Å². The maximum Gasteiger partial charge on any atom is 0.254 e. The molecule has 0 radical (unpaired) electrons. The van der Waals surface area contributed by atoms with E-state index in [1.165, 1.54) is 0 Å². The summed E-state index contributed by atoms with van der Waals surface area (Å²) in [5.41, 5.74) is 0.683. The minimum absolute atomic E-state index is 0.0580. The van der Waals surface area contributed by atoms with Crippen LogP contribution in [0.25, 0.3) is 0 Å². The zero-order chi connectivity index (χ0) is 13.0. The summed E-state index contributed by atoms with van der Waals surface area (Å²) in [7, 11) is 3.48. The number of rotatable bonds is 3. The second kappa shape index (κ2) is 5.87. The SMILES string of the molecule is COc1cccc(C(=O)N(C)[C@@H]2CCCNC2)c1. The summed E-state index contributed by atoms with van der Waals surface area (Å²) in [6.45, 7) is 1.93. The molecule has 0 bridgehead atoms. The highest BCUT2D eigenvalue weighted by atomic mass is 16.5. The molecule has 2 rings (SSSR count). The highest BCUT2D eigenvalue weighted by Crippen LogP contribution is 2.16. The maximum absolute atomic E-state index is 12.4. The van der Waals surface area contributed by atoms with Gasteiger partial charge in [0.25, 0.3) is 5.91 Å². The van der Waals surface area contributed by atoms with Crippen LogP contribution in [-0.4, -0.2) is 44.1 Å². The minimum Gasteiger partial charge on any atom is -0.497 e. The molecule has 1 atom stereocenters. The molecule has 1 aromatic rings. The average Bonchev–Trinajstić information content (AvgIpc) is 2.46. The first kappa shape index (κ1) is 12.9. The van der Waals surface area contributed by atoms with Gasteiger partial charge in [0.2, 0.25) is 0 Å². The third kappa shape index (κ3) is 2.82. The van der Waals surface area contributed by atoms with Crippen molar-refractivity contribution in [2.75, 3.05) is 27.2 Å². The van der Waals surface area contributed by atoms with Crippen molar-refractivity contribution in [1.82, 2.24) is 10.2 Å². The third-order valence-electron chi connectivity index (χ3n) is 3.46. The summed E-state index contributed by atoms with van der Waals surface area (Å²) in [6, 6.07) is 7.60. The van der Waals surface area contributed by atoms with E-state index in [1.54, 1.807) is 13.2 Å². The molecule has 1 heterocycles. The topological polar surface area (TPSA) is 41.6 Å². The molecule has 98 valence electrons. The number of nitrogens with zero attached hydrogens (tertiary/aromatic N) is 1. The predicted octanol–water partition coefficient (Wildman–Crippen LogP) is 1.52. The number of nitrogens with one attached hydrogen (secondary N) is 1. The molecule has 0 spiro atoms. The molecule has 1 amide bonds. The molecule has 0 saturated carbocycles. The van der Waals surface area contributed by atoms with Crippen LogP contribution in [0.3, 0.4) is 0 Å². The highest BCUT2D eigenvalue weighted by Gasteiger charge is 2.22. The fraction of sp³-hybridized carbons (Fsp3) is 0.500. The van der Waals surface area contributed by atoms with Crippen molar-refractivity contribution in [2.45, 2.75) is 18.9 Å². The van der Waals surface area contributed by atoms with Crippen LogP contribution in [-0.2, 0) is 0 Å². The van der Waals surface area contributed by atoms with Gasteiger partial charge in [-0.2, -0.15) is 0 Å². The van der Waals surface area contributed by atoms with Gasteiger partial charge in [-0.3, -0.25) is 4.79 Å². The van der Waals surface area contributed by atoms with E-state index in [1.807, 2.05) is 30.1 Å². The number of hydrogen-bond donors (Lipinski definition) is 1. The van der Waals surface area contributed by atoms with Crippen molar-refractivity contribution in [3.05, 3.63) is 29.8 Å².